The van der Waals surface area contributed by atoms with Crippen LogP contribution in [0.4, 0.5) is 0 Å². The van der Waals surface area contributed by atoms with E-state index in [0.717, 1.165) is 5.69 Å². The summed E-state index contributed by atoms with van der Waals surface area (Å²) in [6.07, 6.45) is 1.79. The molecule has 0 aliphatic heterocycles. The lowest BCUT2D eigenvalue weighted by atomic mass is 10.0. The van der Waals surface area contributed by atoms with Gasteiger partial charge in [0.25, 0.3) is 0 Å². The lowest BCUT2D eigenvalue weighted by Crippen LogP contribution is -2.31. The molecule has 0 saturated carbocycles. The van der Waals surface area contributed by atoms with Crippen molar-refractivity contribution in [1.82, 2.24) is 10.3 Å². The first-order valence-corrected chi connectivity index (χ1v) is 6.80. The molecule has 1 amide bonds. The molecular formula is C15H21N3O2. The van der Waals surface area contributed by atoms with Gasteiger partial charge in [0.2, 0.25) is 5.91 Å². The van der Waals surface area contributed by atoms with Crippen LogP contribution in [0.1, 0.15) is 38.4 Å². The van der Waals surface area contributed by atoms with Crippen molar-refractivity contribution >= 4 is 5.91 Å². The summed E-state index contributed by atoms with van der Waals surface area (Å²) in [5, 5.41) is 11.5. The maximum atomic E-state index is 11.9. The van der Waals surface area contributed by atoms with E-state index in [2.05, 4.69) is 10.3 Å². The number of nitrogens with zero attached hydrogens (tertiary/aromatic N) is 2. The Morgan fingerprint density at radius 3 is 2.75 bits per heavy atom. The molecule has 5 nitrogen and oxygen atoms in total. The molecule has 1 N–H and O–H groups in total. The molecule has 0 spiro atoms. The highest BCUT2D eigenvalue weighted by atomic mass is 16.5. The number of nitrogens with one attached hydrogen (secondary N) is 1. The molecule has 0 aromatic carbocycles. The molecule has 0 saturated heterocycles. The van der Waals surface area contributed by atoms with Crippen LogP contribution >= 0.6 is 0 Å². The van der Waals surface area contributed by atoms with Crippen LogP contribution in [0.2, 0.25) is 0 Å². The number of hydrogen-bond acceptors (Lipinski definition) is 4. The van der Waals surface area contributed by atoms with Crippen molar-refractivity contribution in [1.29, 1.82) is 5.26 Å². The van der Waals surface area contributed by atoms with Crippen molar-refractivity contribution in [2.24, 2.45) is 5.92 Å². The fourth-order valence-electron chi connectivity index (χ4n) is 1.74. The van der Waals surface area contributed by atoms with Gasteiger partial charge in [-0.15, -0.1) is 0 Å². The first-order valence-electron chi connectivity index (χ1n) is 6.80. The van der Waals surface area contributed by atoms with Gasteiger partial charge >= 0.3 is 0 Å². The molecule has 1 aromatic heterocycles. The number of rotatable bonds is 7. The number of nitriles is 1. The minimum Gasteiger partial charge on any atom is -0.378 e. The van der Waals surface area contributed by atoms with Crippen molar-refractivity contribution < 1.29 is 9.53 Å². The molecule has 1 unspecified atom stereocenters. The van der Waals surface area contributed by atoms with Gasteiger partial charge in [-0.05, 0) is 25.0 Å². The minimum atomic E-state index is -0.0612. The second kappa shape index (κ2) is 8.28. The molecule has 0 aliphatic rings. The van der Waals surface area contributed by atoms with Crippen LogP contribution in [-0.4, -0.2) is 23.6 Å². The fraction of sp³-hybridized carbons (Fsp3) is 0.533. The smallest absolute Gasteiger partial charge is 0.222 e. The zero-order valence-electron chi connectivity index (χ0n) is 12.2. The number of carbonyl (C=O) groups excluding carboxylic acids is 1. The molecule has 108 valence electrons. The predicted octanol–water partition coefficient (Wildman–Crippen LogP) is 2.02. The van der Waals surface area contributed by atoms with Gasteiger partial charge in [0.1, 0.15) is 6.07 Å². The number of hydrogen-bond donors (Lipinski definition) is 1. The van der Waals surface area contributed by atoms with E-state index in [1.54, 1.807) is 12.1 Å². The molecule has 0 fully saturated rings. The maximum absolute atomic E-state index is 11.9. The molecule has 5 heteroatoms. The topological polar surface area (TPSA) is 75.0 Å². The average Bonchev–Trinajstić information content (AvgIpc) is 2.45. The highest BCUT2D eigenvalue weighted by Crippen LogP contribution is 2.10. The molecular weight excluding hydrogens is 254 g/mol. The van der Waals surface area contributed by atoms with E-state index >= 15 is 0 Å². The lowest BCUT2D eigenvalue weighted by Gasteiger charge is -2.20. The Hall–Kier alpha value is -1.93. The van der Waals surface area contributed by atoms with Gasteiger partial charge in [0, 0.05) is 12.8 Å². The molecule has 1 rings (SSSR count). The van der Waals surface area contributed by atoms with E-state index in [9.17, 15) is 4.79 Å². The Bertz CT molecular complexity index is 463. The fourth-order valence-corrected chi connectivity index (χ4v) is 1.74. The van der Waals surface area contributed by atoms with Crippen molar-refractivity contribution in [3.63, 3.8) is 0 Å². The summed E-state index contributed by atoms with van der Waals surface area (Å²) in [4.78, 5) is 16.0. The standard InChI is InChI=1S/C15H21N3O2/c1-4-20-14(11(2)3)7-15(19)18-10-13-6-5-12(8-16)9-17-13/h5-6,9,11,14H,4,7,10H2,1-3H3,(H,18,19). The molecule has 0 radical (unpaired) electrons. The Kier molecular flexibility index (Phi) is 6.68. The summed E-state index contributed by atoms with van der Waals surface area (Å²) in [6, 6.07) is 5.43. The van der Waals surface area contributed by atoms with Crippen LogP contribution in [0.25, 0.3) is 0 Å². The summed E-state index contributed by atoms with van der Waals surface area (Å²) < 4.78 is 5.54. The van der Waals surface area contributed by atoms with E-state index in [-0.39, 0.29) is 12.0 Å². The molecule has 1 heterocycles. The second-order valence-corrected chi connectivity index (χ2v) is 4.87. The number of aromatic nitrogens is 1. The zero-order valence-corrected chi connectivity index (χ0v) is 12.2. The number of ether oxygens (including phenoxy) is 1. The van der Waals surface area contributed by atoms with E-state index in [4.69, 9.17) is 10.00 Å². The third-order valence-electron chi connectivity index (χ3n) is 2.93. The summed E-state index contributed by atoms with van der Waals surface area (Å²) in [6.45, 7) is 6.97. The monoisotopic (exact) mass is 275 g/mol. The van der Waals surface area contributed by atoms with Crippen molar-refractivity contribution in [3.05, 3.63) is 29.6 Å². The van der Waals surface area contributed by atoms with E-state index < -0.39 is 0 Å². The van der Waals surface area contributed by atoms with E-state index in [1.165, 1.54) is 6.20 Å². The van der Waals surface area contributed by atoms with Crippen LogP contribution in [0.5, 0.6) is 0 Å². The van der Waals surface area contributed by atoms with Gasteiger partial charge in [0.05, 0.1) is 30.3 Å². The first kappa shape index (κ1) is 16.1. The van der Waals surface area contributed by atoms with Gasteiger partial charge in [-0.3, -0.25) is 9.78 Å². The van der Waals surface area contributed by atoms with Gasteiger partial charge in [-0.25, -0.2) is 0 Å². The highest BCUT2D eigenvalue weighted by Gasteiger charge is 2.17. The van der Waals surface area contributed by atoms with Gasteiger partial charge < -0.3 is 10.1 Å². The quantitative estimate of drug-likeness (QED) is 0.826. The Balaban J connectivity index is 2.44. The Morgan fingerprint density at radius 1 is 1.50 bits per heavy atom. The molecule has 1 aromatic rings. The van der Waals surface area contributed by atoms with Gasteiger partial charge in [0.15, 0.2) is 0 Å². The number of pyridine rings is 1. The zero-order chi connectivity index (χ0) is 15.0. The molecule has 0 bridgehead atoms. The number of carbonyl (C=O) groups is 1. The maximum Gasteiger partial charge on any atom is 0.222 e. The largest absolute Gasteiger partial charge is 0.378 e. The lowest BCUT2D eigenvalue weighted by molar-refractivity contribution is -0.125. The SMILES string of the molecule is CCOC(CC(=O)NCc1ccc(C#N)cn1)C(C)C. The Labute approximate surface area is 120 Å². The van der Waals surface area contributed by atoms with E-state index in [1.807, 2.05) is 26.8 Å². The third kappa shape index (κ3) is 5.37. The van der Waals surface area contributed by atoms with Gasteiger partial charge in [-0.1, -0.05) is 13.8 Å². The van der Waals surface area contributed by atoms with Gasteiger partial charge in [-0.2, -0.15) is 5.26 Å². The molecule has 0 aliphatic carbocycles. The predicted molar refractivity (Wildman–Crippen MR) is 75.7 cm³/mol. The van der Waals surface area contributed by atoms with Crippen LogP contribution in [0, 0.1) is 17.2 Å². The minimum absolute atomic E-state index is 0.0525. The van der Waals surface area contributed by atoms with Crippen molar-refractivity contribution in [2.75, 3.05) is 6.61 Å². The molecule has 20 heavy (non-hydrogen) atoms. The summed E-state index contributed by atoms with van der Waals surface area (Å²) in [5.41, 5.74) is 1.24. The summed E-state index contributed by atoms with van der Waals surface area (Å²) >= 11 is 0. The average molecular weight is 275 g/mol. The van der Waals surface area contributed by atoms with Crippen molar-refractivity contribution in [2.45, 2.75) is 39.8 Å². The third-order valence-corrected chi connectivity index (χ3v) is 2.93. The summed E-state index contributed by atoms with van der Waals surface area (Å²) in [7, 11) is 0. The molecule has 1 atom stereocenters. The highest BCUT2D eigenvalue weighted by molar-refractivity contribution is 5.76. The van der Waals surface area contributed by atoms with Crippen molar-refractivity contribution in [3.8, 4) is 6.07 Å². The summed E-state index contributed by atoms with van der Waals surface area (Å²) in [5.74, 6) is 0.247. The second-order valence-electron chi connectivity index (χ2n) is 4.87. The van der Waals surface area contributed by atoms with Crippen LogP contribution < -0.4 is 5.32 Å². The normalized spacial score (nSPS) is 11.9. The van der Waals surface area contributed by atoms with Crippen LogP contribution in [-0.2, 0) is 16.1 Å². The first-order chi connectivity index (χ1) is 9.56. The Morgan fingerprint density at radius 2 is 2.25 bits per heavy atom. The van der Waals surface area contributed by atoms with Crippen LogP contribution in [0.15, 0.2) is 18.3 Å². The van der Waals surface area contributed by atoms with Crippen LogP contribution in [0.3, 0.4) is 0 Å². The number of amides is 1. The van der Waals surface area contributed by atoms with E-state index in [0.29, 0.717) is 31.1 Å².